The van der Waals surface area contributed by atoms with E-state index in [1.807, 2.05) is 0 Å². The molecule has 1 aromatic carbocycles. The lowest BCUT2D eigenvalue weighted by atomic mass is 10.2. The highest BCUT2D eigenvalue weighted by Crippen LogP contribution is 2.31. The van der Waals surface area contributed by atoms with Crippen LogP contribution in [0.4, 0.5) is 0 Å². The summed E-state index contributed by atoms with van der Waals surface area (Å²) in [6.45, 7) is 0. The zero-order valence-corrected chi connectivity index (χ0v) is 13.0. The summed E-state index contributed by atoms with van der Waals surface area (Å²) in [4.78, 5) is 10.8. The van der Waals surface area contributed by atoms with Crippen molar-refractivity contribution < 1.29 is 18.3 Å². The zero-order chi connectivity index (χ0) is 14.9. The third kappa shape index (κ3) is 3.15. The molecule has 20 heavy (non-hydrogen) atoms. The number of benzene rings is 1. The van der Waals surface area contributed by atoms with Gasteiger partial charge in [0.1, 0.15) is 0 Å². The predicted octanol–water partition coefficient (Wildman–Crippen LogP) is 3.73. The van der Waals surface area contributed by atoms with Gasteiger partial charge in [-0.05, 0) is 34.5 Å². The lowest BCUT2D eigenvalue weighted by Gasteiger charge is -2.08. The van der Waals surface area contributed by atoms with Crippen LogP contribution in [0.5, 0.6) is 0 Å². The summed E-state index contributed by atoms with van der Waals surface area (Å²) in [5.41, 5.74) is 0.331. The summed E-state index contributed by atoms with van der Waals surface area (Å²) in [5, 5.41) is 12.3. The van der Waals surface area contributed by atoms with Gasteiger partial charge in [-0.15, -0.1) is 0 Å². The molecule has 0 atom stereocenters. The van der Waals surface area contributed by atoms with E-state index in [0.29, 0.717) is 5.56 Å². The Morgan fingerprint density at radius 2 is 1.95 bits per heavy atom. The Morgan fingerprint density at radius 3 is 2.50 bits per heavy atom. The Morgan fingerprint density at radius 1 is 1.25 bits per heavy atom. The van der Waals surface area contributed by atoms with E-state index in [1.165, 1.54) is 11.3 Å². The first-order valence-electron chi connectivity index (χ1n) is 5.27. The molecule has 0 aliphatic heterocycles. The zero-order valence-electron chi connectivity index (χ0n) is 9.84. The second-order valence-electron chi connectivity index (χ2n) is 3.96. The molecular formula is C12H8Cl2O4S2. The van der Waals surface area contributed by atoms with E-state index in [9.17, 15) is 13.2 Å². The number of aromatic carboxylic acids is 1. The molecule has 0 spiro atoms. The highest BCUT2D eigenvalue weighted by atomic mass is 35.5. The highest BCUT2D eigenvalue weighted by Gasteiger charge is 2.23. The fourth-order valence-electron chi connectivity index (χ4n) is 1.60. The molecule has 0 bridgehead atoms. The number of halogens is 2. The van der Waals surface area contributed by atoms with Gasteiger partial charge < -0.3 is 5.11 Å². The van der Waals surface area contributed by atoms with Gasteiger partial charge in [-0.2, -0.15) is 11.3 Å². The van der Waals surface area contributed by atoms with Crippen LogP contribution in [0.15, 0.2) is 33.9 Å². The van der Waals surface area contributed by atoms with Crippen LogP contribution >= 0.6 is 34.5 Å². The number of carbonyl (C=O) groups is 1. The first-order valence-corrected chi connectivity index (χ1v) is 8.62. The molecule has 0 radical (unpaired) electrons. The summed E-state index contributed by atoms with van der Waals surface area (Å²) in [6.07, 6.45) is 0. The van der Waals surface area contributed by atoms with E-state index >= 15 is 0 Å². The summed E-state index contributed by atoms with van der Waals surface area (Å²) in [7, 11) is -3.73. The van der Waals surface area contributed by atoms with Crippen LogP contribution < -0.4 is 0 Å². The van der Waals surface area contributed by atoms with Crippen molar-refractivity contribution in [2.75, 3.05) is 0 Å². The van der Waals surface area contributed by atoms with Crippen molar-refractivity contribution in [2.24, 2.45) is 0 Å². The predicted molar refractivity (Wildman–Crippen MR) is 78.6 cm³/mol. The van der Waals surface area contributed by atoms with Crippen LogP contribution in [0.3, 0.4) is 0 Å². The van der Waals surface area contributed by atoms with Crippen molar-refractivity contribution in [3.63, 3.8) is 0 Å². The number of carboxylic acids is 1. The fraction of sp³-hybridized carbons (Fsp3) is 0.0833. The summed E-state index contributed by atoms with van der Waals surface area (Å²) >= 11 is 13.0. The molecule has 0 aliphatic carbocycles. The van der Waals surface area contributed by atoms with Crippen molar-refractivity contribution in [3.05, 3.63) is 50.1 Å². The van der Waals surface area contributed by atoms with E-state index in [-0.39, 0.29) is 26.3 Å². The van der Waals surface area contributed by atoms with Crippen molar-refractivity contribution in [2.45, 2.75) is 10.6 Å². The van der Waals surface area contributed by atoms with E-state index in [4.69, 9.17) is 28.3 Å². The third-order valence-electron chi connectivity index (χ3n) is 2.52. The molecule has 1 aromatic heterocycles. The Kier molecular flexibility index (Phi) is 4.39. The van der Waals surface area contributed by atoms with Crippen molar-refractivity contribution in [1.82, 2.24) is 0 Å². The molecular weight excluding hydrogens is 343 g/mol. The van der Waals surface area contributed by atoms with Gasteiger partial charge in [0.2, 0.25) is 0 Å². The molecule has 2 aromatic rings. The maximum atomic E-state index is 12.3. The Bertz CT molecular complexity index is 752. The van der Waals surface area contributed by atoms with Gasteiger partial charge >= 0.3 is 5.97 Å². The van der Waals surface area contributed by atoms with Crippen molar-refractivity contribution >= 4 is 50.3 Å². The van der Waals surface area contributed by atoms with E-state index < -0.39 is 15.8 Å². The van der Waals surface area contributed by atoms with Gasteiger partial charge in [0, 0.05) is 0 Å². The first-order chi connectivity index (χ1) is 9.31. The number of carboxylic acid groups (broad SMARTS) is 1. The molecule has 8 heteroatoms. The van der Waals surface area contributed by atoms with Gasteiger partial charge in [-0.3, -0.25) is 0 Å². The van der Waals surface area contributed by atoms with Crippen LogP contribution in [-0.2, 0) is 15.6 Å². The van der Waals surface area contributed by atoms with E-state index in [0.717, 1.165) is 12.1 Å². The molecule has 0 unspecified atom stereocenters. The van der Waals surface area contributed by atoms with Gasteiger partial charge in [-0.1, -0.05) is 23.2 Å². The minimum Gasteiger partial charge on any atom is -0.478 e. The Labute approximate surface area is 129 Å². The lowest BCUT2D eigenvalue weighted by Crippen LogP contribution is -2.08. The lowest BCUT2D eigenvalue weighted by molar-refractivity contribution is 0.0697. The molecule has 1 N–H and O–H groups in total. The number of hydrogen-bond acceptors (Lipinski definition) is 4. The minimum absolute atomic E-state index is 0.0878. The molecule has 0 saturated heterocycles. The van der Waals surface area contributed by atoms with Crippen LogP contribution in [0.25, 0.3) is 0 Å². The van der Waals surface area contributed by atoms with Gasteiger partial charge in [-0.25, -0.2) is 13.2 Å². The molecule has 1 heterocycles. The van der Waals surface area contributed by atoms with Crippen LogP contribution in [0.1, 0.15) is 15.9 Å². The minimum atomic E-state index is -3.73. The molecule has 106 valence electrons. The van der Waals surface area contributed by atoms with Gasteiger partial charge in [0.15, 0.2) is 9.84 Å². The Balaban J connectivity index is 2.51. The second kappa shape index (κ2) is 5.73. The molecule has 4 nitrogen and oxygen atoms in total. The molecule has 0 fully saturated rings. The average molecular weight is 351 g/mol. The van der Waals surface area contributed by atoms with Crippen LogP contribution in [0, 0.1) is 0 Å². The van der Waals surface area contributed by atoms with Crippen LogP contribution in [-0.4, -0.2) is 19.5 Å². The van der Waals surface area contributed by atoms with Crippen molar-refractivity contribution in [1.29, 1.82) is 0 Å². The van der Waals surface area contributed by atoms with Gasteiger partial charge in [0.05, 0.1) is 26.3 Å². The topological polar surface area (TPSA) is 71.4 Å². The monoisotopic (exact) mass is 350 g/mol. The number of sulfone groups is 1. The summed E-state index contributed by atoms with van der Waals surface area (Å²) in [5.74, 6) is -1.55. The maximum Gasteiger partial charge on any atom is 0.337 e. The van der Waals surface area contributed by atoms with Gasteiger partial charge in [0.25, 0.3) is 0 Å². The quantitative estimate of drug-likeness (QED) is 0.911. The average Bonchev–Trinajstić information content (AvgIpc) is 2.79. The molecule has 0 aliphatic rings. The summed E-state index contributed by atoms with van der Waals surface area (Å²) in [6, 6.07) is 3.81. The SMILES string of the molecule is O=C(O)c1cc(S(=O)(=O)Cc2ccsc2)c(Cl)cc1Cl. The molecule has 0 saturated carbocycles. The largest absolute Gasteiger partial charge is 0.478 e. The fourth-order valence-corrected chi connectivity index (χ4v) is 4.62. The van der Waals surface area contributed by atoms with E-state index in [1.54, 1.807) is 16.8 Å². The first kappa shape index (κ1) is 15.3. The van der Waals surface area contributed by atoms with Crippen molar-refractivity contribution in [3.8, 4) is 0 Å². The molecule has 0 amide bonds. The smallest absolute Gasteiger partial charge is 0.337 e. The Hall–Kier alpha value is -1.08. The maximum absolute atomic E-state index is 12.3. The van der Waals surface area contributed by atoms with E-state index in [2.05, 4.69) is 0 Å². The standard InChI is InChI=1S/C12H8Cl2O4S2/c13-9-4-10(14)11(3-8(9)12(15)16)20(17,18)6-7-1-2-19-5-7/h1-5H,6H2,(H,15,16). The molecule has 2 rings (SSSR count). The summed E-state index contributed by atoms with van der Waals surface area (Å²) < 4.78 is 24.6. The highest BCUT2D eigenvalue weighted by molar-refractivity contribution is 7.90. The number of rotatable bonds is 4. The number of hydrogen-bond donors (Lipinski definition) is 1. The normalized spacial score (nSPS) is 11.5. The third-order valence-corrected chi connectivity index (χ3v) is 5.71. The number of thiophene rings is 1. The van der Waals surface area contributed by atoms with Crippen LogP contribution in [0.2, 0.25) is 10.0 Å². The second-order valence-corrected chi connectivity index (χ2v) is 7.51.